The van der Waals surface area contributed by atoms with Gasteiger partial charge in [-0.15, -0.1) is 0 Å². The zero-order valence-electron chi connectivity index (χ0n) is 13.6. The van der Waals surface area contributed by atoms with E-state index >= 15 is 0 Å². The van der Waals surface area contributed by atoms with Crippen LogP contribution in [0.15, 0.2) is 0 Å². The van der Waals surface area contributed by atoms with Gasteiger partial charge in [-0.1, -0.05) is 34.6 Å². The summed E-state index contributed by atoms with van der Waals surface area (Å²) in [5.41, 5.74) is 0. The summed E-state index contributed by atoms with van der Waals surface area (Å²) in [6, 6.07) is 1.48. The molecule has 1 N–H and O–H groups in total. The van der Waals surface area contributed by atoms with Crippen LogP contribution >= 0.6 is 0 Å². The topological polar surface area (TPSA) is 15.3 Å². The maximum atomic E-state index is 3.40. The van der Waals surface area contributed by atoms with E-state index in [-0.39, 0.29) is 0 Å². The first kappa shape index (κ1) is 17.9. The molecule has 0 aliphatic rings. The number of nitrogens with zero attached hydrogens (tertiary/aromatic N) is 1. The summed E-state index contributed by atoms with van der Waals surface area (Å²) >= 11 is 0. The van der Waals surface area contributed by atoms with E-state index in [1.807, 2.05) is 0 Å². The average molecular weight is 256 g/mol. The summed E-state index contributed by atoms with van der Waals surface area (Å²) in [7, 11) is 2.08. The van der Waals surface area contributed by atoms with Crippen LogP contribution in [0.2, 0.25) is 0 Å². The molecular weight excluding hydrogens is 220 g/mol. The Labute approximate surface area is 116 Å². The Hall–Kier alpha value is -0.0800. The highest BCUT2D eigenvalue weighted by atomic mass is 15.1. The molecule has 0 aromatic carbocycles. The van der Waals surface area contributed by atoms with Crippen molar-refractivity contribution in [3.63, 3.8) is 0 Å². The van der Waals surface area contributed by atoms with Gasteiger partial charge in [-0.2, -0.15) is 0 Å². The molecule has 2 heteroatoms. The fraction of sp³-hybridized carbons (Fsp3) is 1.00. The van der Waals surface area contributed by atoms with Gasteiger partial charge in [0.25, 0.3) is 0 Å². The van der Waals surface area contributed by atoms with E-state index < -0.39 is 0 Å². The summed E-state index contributed by atoms with van der Waals surface area (Å²) in [4.78, 5) is 2.72. The van der Waals surface area contributed by atoms with Gasteiger partial charge in [0.05, 0.1) is 0 Å². The molecule has 0 heterocycles. The zero-order valence-corrected chi connectivity index (χ0v) is 13.6. The van der Waals surface area contributed by atoms with E-state index in [1.165, 1.54) is 45.2 Å². The van der Waals surface area contributed by atoms with E-state index in [9.17, 15) is 0 Å². The van der Waals surface area contributed by atoms with Crippen LogP contribution in [0.3, 0.4) is 0 Å². The van der Waals surface area contributed by atoms with E-state index in [2.05, 4.69) is 51.9 Å². The molecule has 0 amide bonds. The maximum absolute atomic E-state index is 3.40. The largest absolute Gasteiger partial charge is 0.317 e. The Bertz CT molecular complexity index is 172. The second kappa shape index (κ2) is 10.8. The van der Waals surface area contributed by atoms with Crippen LogP contribution in [0.25, 0.3) is 0 Å². The third kappa shape index (κ3) is 7.38. The zero-order chi connectivity index (χ0) is 14.0. The quantitative estimate of drug-likeness (QED) is 0.603. The van der Waals surface area contributed by atoms with Crippen molar-refractivity contribution in [1.82, 2.24) is 10.2 Å². The fourth-order valence-electron chi connectivity index (χ4n) is 2.79. The fourth-order valence-corrected chi connectivity index (χ4v) is 2.79. The van der Waals surface area contributed by atoms with E-state index in [0.717, 1.165) is 12.0 Å². The third-order valence-electron chi connectivity index (χ3n) is 3.96. The van der Waals surface area contributed by atoms with Crippen molar-refractivity contribution < 1.29 is 0 Å². The molecule has 0 bridgehead atoms. The van der Waals surface area contributed by atoms with Gasteiger partial charge in [-0.3, -0.25) is 0 Å². The van der Waals surface area contributed by atoms with Crippen molar-refractivity contribution in [3.8, 4) is 0 Å². The lowest BCUT2D eigenvalue weighted by molar-refractivity contribution is 0.161. The second-order valence-electron chi connectivity index (χ2n) is 5.90. The van der Waals surface area contributed by atoms with Crippen molar-refractivity contribution >= 4 is 0 Å². The van der Waals surface area contributed by atoms with E-state index in [1.54, 1.807) is 0 Å². The molecule has 0 fully saturated rings. The molecule has 1 unspecified atom stereocenters. The van der Waals surface area contributed by atoms with Gasteiger partial charge in [-0.25, -0.2) is 0 Å². The SMILES string of the molecule is CCC(CCCN(CC(C)C)C(CC)CC)NC. The Balaban J connectivity index is 4.15. The van der Waals surface area contributed by atoms with Gasteiger partial charge >= 0.3 is 0 Å². The lowest BCUT2D eigenvalue weighted by Gasteiger charge is -2.32. The molecule has 110 valence electrons. The Morgan fingerprint density at radius 3 is 2.00 bits per heavy atom. The van der Waals surface area contributed by atoms with Gasteiger partial charge in [0, 0.05) is 18.6 Å². The minimum Gasteiger partial charge on any atom is -0.317 e. The molecule has 0 aromatic rings. The molecular formula is C16H36N2. The molecule has 1 atom stereocenters. The predicted molar refractivity (Wildman–Crippen MR) is 83.2 cm³/mol. The number of hydrogen-bond donors (Lipinski definition) is 1. The van der Waals surface area contributed by atoms with Gasteiger partial charge in [-0.05, 0) is 51.6 Å². The number of rotatable bonds is 11. The molecule has 0 saturated heterocycles. The number of hydrogen-bond acceptors (Lipinski definition) is 2. The Morgan fingerprint density at radius 1 is 1.00 bits per heavy atom. The van der Waals surface area contributed by atoms with Gasteiger partial charge in [0.1, 0.15) is 0 Å². The molecule has 18 heavy (non-hydrogen) atoms. The van der Waals surface area contributed by atoms with Crippen LogP contribution in [0.4, 0.5) is 0 Å². The summed E-state index contributed by atoms with van der Waals surface area (Å²) in [5.74, 6) is 0.775. The summed E-state index contributed by atoms with van der Waals surface area (Å²) in [6.45, 7) is 14.1. The molecule has 0 aliphatic heterocycles. The summed E-state index contributed by atoms with van der Waals surface area (Å²) in [6.07, 6.45) is 6.44. The van der Waals surface area contributed by atoms with Crippen LogP contribution in [-0.4, -0.2) is 37.1 Å². The maximum Gasteiger partial charge on any atom is 0.00901 e. The highest BCUT2D eigenvalue weighted by Crippen LogP contribution is 2.13. The molecule has 0 spiro atoms. The molecule has 2 nitrogen and oxygen atoms in total. The Morgan fingerprint density at radius 2 is 1.61 bits per heavy atom. The highest BCUT2D eigenvalue weighted by Gasteiger charge is 2.16. The van der Waals surface area contributed by atoms with Crippen LogP contribution in [0.1, 0.15) is 66.7 Å². The average Bonchev–Trinajstić information content (AvgIpc) is 2.35. The second-order valence-corrected chi connectivity index (χ2v) is 5.90. The van der Waals surface area contributed by atoms with Crippen LogP contribution in [0, 0.1) is 5.92 Å². The highest BCUT2D eigenvalue weighted by molar-refractivity contribution is 4.72. The predicted octanol–water partition coefficient (Wildman–Crippen LogP) is 3.91. The van der Waals surface area contributed by atoms with Crippen LogP contribution < -0.4 is 5.32 Å². The standard InChI is InChI=1S/C16H36N2/c1-7-15(17-6)11-10-12-18(13-14(4)5)16(8-2)9-3/h14-17H,7-13H2,1-6H3. The summed E-state index contributed by atoms with van der Waals surface area (Å²) < 4.78 is 0. The van der Waals surface area contributed by atoms with Gasteiger partial charge < -0.3 is 10.2 Å². The van der Waals surface area contributed by atoms with Crippen LogP contribution in [-0.2, 0) is 0 Å². The Kier molecular flexibility index (Phi) is 10.8. The first-order valence-electron chi connectivity index (χ1n) is 8.00. The van der Waals surface area contributed by atoms with Crippen molar-refractivity contribution in [2.24, 2.45) is 5.92 Å². The van der Waals surface area contributed by atoms with Crippen molar-refractivity contribution in [1.29, 1.82) is 0 Å². The van der Waals surface area contributed by atoms with Crippen molar-refractivity contribution in [2.45, 2.75) is 78.8 Å². The minimum atomic E-state index is 0.701. The van der Waals surface area contributed by atoms with Gasteiger partial charge in [0.2, 0.25) is 0 Å². The lowest BCUT2D eigenvalue weighted by Crippen LogP contribution is -2.38. The first-order valence-corrected chi connectivity index (χ1v) is 8.00. The normalized spacial score (nSPS) is 13.8. The minimum absolute atomic E-state index is 0.701. The summed E-state index contributed by atoms with van der Waals surface area (Å²) in [5, 5.41) is 3.40. The van der Waals surface area contributed by atoms with E-state index in [4.69, 9.17) is 0 Å². The molecule has 0 saturated carbocycles. The molecule has 0 aliphatic carbocycles. The van der Waals surface area contributed by atoms with Crippen molar-refractivity contribution in [2.75, 3.05) is 20.1 Å². The van der Waals surface area contributed by atoms with E-state index in [0.29, 0.717) is 6.04 Å². The molecule has 0 aromatic heterocycles. The third-order valence-corrected chi connectivity index (χ3v) is 3.96. The monoisotopic (exact) mass is 256 g/mol. The van der Waals surface area contributed by atoms with Gasteiger partial charge in [0.15, 0.2) is 0 Å². The molecule has 0 radical (unpaired) electrons. The lowest BCUT2D eigenvalue weighted by atomic mass is 10.0. The van der Waals surface area contributed by atoms with Crippen LogP contribution in [0.5, 0.6) is 0 Å². The first-order chi connectivity index (χ1) is 8.58. The molecule has 0 rings (SSSR count). The van der Waals surface area contributed by atoms with Crippen molar-refractivity contribution in [3.05, 3.63) is 0 Å². The number of nitrogens with one attached hydrogen (secondary N) is 1. The smallest absolute Gasteiger partial charge is 0.00901 e.